The van der Waals surface area contributed by atoms with Crippen LogP contribution in [0.25, 0.3) is 10.9 Å². The van der Waals surface area contributed by atoms with Crippen LogP contribution in [0.15, 0.2) is 24.4 Å². The number of piperidine rings is 2. The predicted molar refractivity (Wildman–Crippen MR) is 122 cm³/mol. The van der Waals surface area contributed by atoms with Gasteiger partial charge in [0.05, 0.1) is 12.6 Å². The first-order chi connectivity index (χ1) is 14.6. The fourth-order valence-corrected chi connectivity index (χ4v) is 4.96. The smallest absolute Gasteiger partial charge is 0.328 e. The highest BCUT2D eigenvalue weighted by atomic mass is 16.5. The van der Waals surface area contributed by atoms with Crippen LogP contribution in [0.4, 0.5) is 4.79 Å². The van der Waals surface area contributed by atoms with Crippen molar-refractivity contribution >= 4 is 16.9 Å². The molecule has 0 atom stereocenters. The monoisotopic (exact) mass is 412 g/mol. The molecular weight excluding hydrogens is 376 g/mol. The third-order valence-corrected chi connectivity index (χ3v) is 6.77. The maximum Gasteiger partial charge on any atom is 0.328 e. The number of ether oxygens (including phenoxy) is 1. The van der Waals surface area contributed by atoms with Crippen LogP contribution in [-0.4, -0.2) is 85.3 Å². The van der Waals surface area contributed by atoms with Crippen molar-refractivity contribution in [3.8, 4) is 5.75 Å². The van der Waals surface area contributed by atoms with E-state index in [1.807, 2.05) is 27.8 Å². The van der Waals surface area contributed by atoms with Crippen LogP contribution in [0.2, 0.25) is 0 Å². The number of carbonyl (C=O) groups is 1. The van der Waals surface area contributed by atoms with Crippen LogP contribution in [0.5, 0.6) is 5.75 Å². The number of amides is 1. The molecule has 2 aliphatic heterocycles. The number of aromatic nitrogens is 1. The van der Waals surface area contributed by atoms with Gasteiger partial charge < -0.3 is 19.4 Å². The minimum Gasteiger partial charge on any atom is -0.497 e. The summed E-state index contributed by atoms with van der Waals surface area (Å²) in [5, 5.41) is 1.12. The number of likely N-dealkylation sites (N-methyl/N-ethyl adjacent to an activating group) is 1. The number of hydrogen-bond donors (Lipinski definition) is 0. The van der Waals surface area contributed by atoms with Crippen molar-refractivity contribution in [2.24, 2.45) is 0 Å². The molecule has 4 rings (SSSR count). The van der Waals surface area contributed by atoms with Crippen LogP contribution in [-0.2, 0) is 6.42 Å². The third kappa shape index (κ3) is 4.49. The van der Waals surface area contributed by atoms with Gasteiger partial charge in [-0.15, -0.1) is 0 Å². The molecule has 1 aromatic carbocycles. The van der Waals surface area contributed by atoms with Crippen molar-refractivity contribution < 1.29 is 9.53 Å². The van der Waals surface area contributed by atoms with Crippen molar-refractivity contribution in [2.45, 2.75) is 44.6 Å². The van der Waals surface area contributed by atoms with Crippen LogP contribution in [0.1, 0.15) is 37.7 Å². The second-order valence-corrected chi connectivity index (χ2v) is 9.06. The molecule has 30 heavy (non-hydrogen) atoms. The van der Waals surface area contributed by atoms with Crippen molar-refractivity contribution in [3.05, 3.63) is 30.0 Å². The predicted octanol–water partition coefficient (Wildman–Crippen LogP) is 3.67. The van der Waals surface area contributed by atoms with Gasteiger partial charge >= 0.3 is 6.03 Å². The summed E-state index contributed by atoms with van der Waals surface area (Å²) in [6.07, 6.45) is 9.16. The minimum atomic E-state index is 0.110. The molecule has 0 bridgehead atoms. The lowest BCUT2D eigenvalue weighted by Gasteiger charge is -2.40. The molecule has 0 unspecified atom stereocenters. The van der Waals surface area contributed by atoms with Crippen molar-refractivity contribution in [1.29, 1.82) is 0 Å². The summed E-state index contributed by atoms with van der Waals surface area (Å²) < 4.78 is 7.30. The Labute approximate surface area is 180 Å². The molecule has 2 fully saturated rings. The zero-order chi connectivity index (χ0) is 21.1. The molecule has 2 aliphatic rings. The van der Waals surface area contributed by atoms with E-state index in [0.29, 0.717) is 6.04 Å². The van der Waals surface area contributed by atoms with Crippen molar-refractivity contribution in [2.75, 3.05) is 53.9 Å². The number of carbonyl (C=O) groups excluding carboxylic acids is 1. The molecule has 2 saturated heterocycles. The average molecular weight is 413 g/mol. The van der Waals surface area contributed by atoms with E-state index in [9.17, 15) is 4.79 Å². The van der Waals surface area contributed by atoms with E-state index in [-0.39, 0.29) is 6.03 Å². The van der Waals surface area contributed by atoms with E-state index in [1.54, 1.807) is 7.11 Å². The quantitative estimate of drug-likeness (QED) is 0.751. The van der Waals surface area contributed by atoms with Crippen LogP contribution >= 0.6 is 0 Å². The first-order valence-electron chi connectivity index (χ1n) is 11.4. The molecule has 2 aromatic rings. The van der Waals surface area contributed by atoms with Gasteiger partial charge in [-0.1, -0.05) is 6.42 Å². The number of methoxy groups -OCH3 is 1. The standard InChI is InChI=1S/C24H36N4O2/c1-25(2)14-9-19-18-28(23-8-7-21(30-3)17-22(19)23)24(29)27-15-10-20(11-16-27)26-12-5-4-6-13-26/h7-8,17-18,20H,4-6,9-16H2,1-3H3. The summed E-state index contributed by atoms with van der Waals surface area (Å²) >= 11 is 0. The number of fused-ring (bicyclic) bond motifs is 1. The van der Waals surface area contributed by atoms with Gasteiger partial charge in [-0.25, -0.2) is 4.79 Å². The molecule has 0 radical (unpaired) electrons. The lowest BCUT2D eigenvalue weighted by Crippen LogP contribution is -2.48. The zero-order valence-electron chi connectivity index (χ0n) is 18.8. The van der Waals surface area contributed by atoms with Crippen LogP contribution in [0, 0.1) is 0 Å². The molecule has 0 saturated carbocycles. The number of nitrogens with zero attached hydrogens (tertiary/aromatic N) is 4. The van der Waals surface area contributed by atoms with Gasteiger partial charge in [-0.05, 0) is 83.1 Å². The van der Waals surface area contributed by atoms with Crippen molar-refractivity contribution in [1.82, 2.24) is 19.3 Å². The highest BCUT2D eigenvalue weighted by Gasteiger charge is 2.29. The fourth-order valence-electron chi connectivity index (χ4n) is 4.96. The topological polar surface area (TPSA) is 41.0 Å². The van der Waals surface area contributed by atoms with E-state index >= 15 is 0 Å². The van der Waals surface area contributed by atoms with E-state index in [4.69, 9.17) is 4.74 Å². The second kappa shape index (κ2) is 9.40. The third-order valence-electron chi connectivity index (χ3n) is 6.77. The Morgan fingerprint density at radius 3 is 2.50 bits per heavy atom. The Hall–Kier alpha value is -2.05. The summed E-state index contributed by atoms with van der Waals surface area (Å²) in [5.41, 5.74) is 2.18. The number of benzene rings is 1. The summed E-state index contributed by atoms with van der Waals surface area (Å²) in [6.45, 7) is 5.12. The highest BCUT2D eigenvalue weighted by Crippen LogP contribution is 2.28. The SMILES string of the molecule is COc1ccc2c(c1)c(CCN(C)C)cn2C(=O)N1CCC(N2CCCCC2)CC1. The Morgan fingerprint density at radius 1 is 1.10 bits per heavy atom. The molecule has 6 heteroatoms. The van der Waals surface area contributed by atoms with Gasteiger partial charge in [0.2, 0.25) is 0 Å². The van der Waals surface area contributed by atoms with E-state index in [1.165, 1.54) is 37.9 Å². The summed E-state index contributed by atoms with van der Waals surface area (Å²) in [7, 11) is 5.85. The van der Waals surface area contributed by atoms with Crippen LogP contribution in [0.3, 0.4) is 0 Å². The summed E-state index contributed by atoms with van der Waals surface area (Å²) in [5.74, 6) is 0.834. The van der Waals surface area contributed by atoms with Gasteiger partial charge in [0.15, 0.2) is 0 Å². The largest absolute Gasteiger partial charge is 0.497 e. The molecule has 0 N–H and O–H groups in total. The molecule has 1 amide bonds. The molecule has 3 heterocycles. The molecule has 1 aromatic heterocycles. The van der Waals surface area contributed by atoms with Gasteiger partial charge in [0.1, 0.15) is 5.75 Å². The molecule has 0 spiro atoms. The molecule has 164 valence electrons. The lowest BCUT2D eigenvalue weighted by molar-refractivity contribution is 0.102. The molecular formula is C24H36N4O2. The van der Waals surface area contributed by atoms with E-state index in [2.05, 4.69) is 30.0 Å². The first-order valence-corrected chi connectivity index (χ1v) is 11.4. The molecule has 0 aliphatic carbocycles. The van der Waals surface area contributed by atoms with Gasteiger partial charge in [-0.3, -0.25) is 4.57 Å². The van der Waals surface area contributed by atoms with Crippen molar-refractivity contribution in [3.63, 3.8) is 0 Å². The molecule has 6 nitrogen and oxygen atoms in total. The Balaban J connectivity index is 1.51. The van der Waals surface area contributed by atoms with Crippen LogP contribution < -0.4 is 4.74 Å². The van der Waals surface area contributed by atoms with Gasteiger partial charge in [-0.2, -0.15) is 0 Å². The summed E-state index contributed by atoms with van der Waals surface area (Å²) in [6, 6.07) is 6.79. The Morgan fingerprint density at radius 2 is 1.83 bits per heavy atom. The second-order valence-electron chi connectivity index (χ2n) is 9.06. The van der Waals surface area contributed by atoms with E-state index in [0.717, 1.165) is 55.5 Å². The summed E-state index contributed by atoms with van der Waals surface area (Å²) in [4.78, 5) is 20.3. The maximum atomic E-state index is 13.4. The minimum absolute atomic E-state index is 0.110. The fraction of sp³-hybridized carbons (Fsp3) is 0.625. The number of rotatable bonds is 5. The normalized spacial score (nSPS) is 19.0. The Kier molecular flexibility index (Phi) is 6.64. The van der Waals surface area contributed by atoms with Gasteiger partial charge in [0.25, 0.3) is 0 Å². The van der Waals surface area contributed by atoms with Gasteiger partial charge in [0, 0.05) is 37.3 Å². The lowest BCUT2D eigenvalue weighted by atomic mass is 10.0. The average Bonchev–Trinajstić information content (AvgIpc) is 3.15. The van der Waals surface area contributed by atoms with E-state index < -0.39 is 0 Å². The number of hydrogen-bond acceptors (Lipinski definition) is 4. The first kappa shape index (κ1) is 21.2. The Bertz CT molecular complexity index is 861. The maximum absolute atomic E-state index is 13.4. The highest BCUT2D eigenvalue weighted by molar-refractivity contribution is 5.94. The zero-order valence-corrected chi connectivity index (χ0v) is 18.8. The number of likely N-dealkylation sites (tertiary alicyclic amines) is 2.